The Kier molecular flexibility index (Phi) is 6.22. The first-order chi connectivity index (χ1) is 9.40. The number of hydrogen-bond donors (Lipinski definition) is 1. The zero-order chi connectivity index (χ0) is 15.1. The minimum atomic E-state index is -0.967. The number of rotatable bonds is 7. The fourth-order valence-electron chi connectivity index (χ4n) is 2.05. The fraction of sp³-hybridized carbons (Fsp3) is 0.500. The Morgan fingerprint density at radius 3 is 2.30 bits per heavy atom. The van der Waals surface area contributed by atoms with Crippen LogP contribution in [0.1, 0.15) is 37.8 Å². The van der Waals surface area contributed by atoms with Crippen molar-refractivity contribution in [2.24, 2.45) is 0 Å². The third-order valence-electron chi connectivity index (χ3n) is 3.23. The molecular weight excluding hydrogens is 254 g/mol. The summed E-state index contributed by atoms with van der Waals surface area (Å²) in [6.45, 7) is 5.49. The second kappa shape index (κ2) is 7.68. The number of carboxylic acids is 1. The van der Waals surface area contributed by atoms with E-state index in [1.54, 1.807) is 0 Å². The maximum atomic E-state index is 12.0. The summed E-state index contributed by atoms with van der Waals surface area (Å²) in [4.78, 5) is 24.2. The van der Waals surface area contributed by atoms with E-state index in [1.807, 2.05) is 20.8 Å². The molecule has 0 heterocycles. The Morgan fingerprint density at radius 1 is 1.20 bits per heavy atom. The van der Waals surface area contributed by atoms with Gasteiger partial charge >= 0.3 is 5.97 Å². The topological polar surface area (TPSA) is 57.6 Å². The number of aliphatic carboxylic acids is 1. The number of nitrogens with zero attached hydrogens (tertiary/aromatic N) is 1. The monoisotopic (exact) mass is 277 g/mol. The van der Waals surface area contributed by atoms with E-state index in [0.29, 0.717) is 6.42 Å². The molecule has 20 heavy (non-hydrogen) atoms. The van der Waals surface area contributed by atoms with Gasteiger partial charge in [-0.1, -0.05) is 29.8 Å². The summed E-state index contributed by atoms with van der Waals surface area (Å²) < 4.78 is 0. The van der Waals surface area contributed by atoms with Crippen molar-refractivity contribution in [2.75, 3.05) is 6.54 Å². The van der Waals surface area contributed by atoms with Gasteiger partial charge in [-0.3, -0.25) is 9.59 Å². The number of aryl methyl sites for hydroxylation is 2. The zero-order valence-corrected chi connectivity index (χ0v) is 12.4. The molecule has 1 N–H and O–H groups in total. The first-order valence-corrected chi connectivity index (χ1v) is 6.97. The minimum absolute atomic E-state index is 0.0852. The number of amides is 1. The van der Waals surface area contributed by atoms with E-state index in [9.17, 15) is 9.59 Å². The third kappa shape index (κ3) is 5.43. The lowest BCUT2D eigenvalue weighted by Gasteiger charge is -2.24. The van der Waals surface area contributed by atoms with Crippen molar-refractivity contribution in [3.8, 4) is 0 Å². The van der Waals surface area contributed by atoms with Crippen LogP contribution in [0.3, 0.4) is 0 Å². The summed E-state index contributed by atoms with van der Waals surface area (Å²) in [5.41, 5.74) is 2.43. The second-order valence-electron chi connectivity index (χ2n) is 5.35. The van der Waals surface area contributed by atoms with Crippen LogP contribution < -0.4 is 0 Å². The number of benzene rings is 1. The molecule has 0 aromatic heterocycles. The van der Waals surface area contributed by atoms with E-state index >= 15 is 0 Å². The quantitative estimate of drug-likeness (QED) is 0.833. The van der Waals surface area contributed by atoms with Gasteiger partial charge in [-0.05, 0) is 39.2 Å². The van der Waals surface area contributed by atoms with Gasteiger partial charge in [0.2, 0.25) is 5.91 Å². The molecule has 0 saturated heterocycles. The first-order valence-electron chi connectivity index (χ1n) is 6.97. The van der Waals surface area contributed by atoms with Gasteiger partial charge in [-0.2, -0.15) is 0 Å². The molecule has 0 spiro atoms. The lowest BCUT2D eigenvalue weighted by molar-refractivity contribution is -0.145. The van der Waals surface area contributed by atoms with Crippen LogP contribution in [0.15, 0.2) is 24.3 Å². The Bertz CT molecular complexity index is 451. The van der Waals surface area contributed by atoms with E-state index in [-0.39, 0.29) is 18.5 Å². The molecule has 0 aliphatic carbocycles. The Hall–Kier alpha value is -1.84. The van der Waals surface area contributed by atoms with Gasteiger partial charge in [0.25, 0.3) is 0 Å². The van der Waals surface area contributed by atoms with Crippen LogP contribution in [-0.4, -0.2) is 34.5 Å². The van der Waals surface area contributed by atoms with Crippen LogP contribution in [0.25, 0.3) is 0 Å². The molecule has 0 saturated carbocycles. The van der Waals surface area contributed by atoms with Gasteiger partial charge in [0.15, 0.2) is 0 Å². The molecule has 0 bridgehead atoms. The van der Waals surface area contributed by atoms with Crippen molar-refractivity contribution in [1.82, 2.24) is 4.90 Å². The summed E-state index contributed by atoms with van der Waals surface area (Å²) in [6.07, 6.45) is 1.97. The summed E-state index contributed by atoms with van der Waals surface area (Å²) in [6, 6.07) is 8.16. The maximum Gasteiger partial charge on any atom is 0.323 e. The van der Waals surface area contributed by atoms with Crippen LogP contribution >= 0.6 is 0 Å². The minimum Gasteiger partial charge on any atom is -0.480 e. The highest BCUT2D eigenvalue weighted by molar-refractivity contribution is 5.81. The molecule has 0 aliphatic rings. The normalized spacial score (nSPS) is 10.6. The molecule has 1 aromatic carbocycles. The van der Waals surface area contributed by atoms with Crippen molar-refractivity contribution in [3.05, 3.63) is 35.4 Å². The standard InChI is InChI=1S/C16H23NO3/c1-12(2)17(11-16(19)20)15(18)6-4-5-14-9-7-13(3)8-10-14/h7-10,12H,4-6,11H2,1-3H3,(H,19,20). The van der Waals surface area contributed by atoms with Crippen LogP contribution in [0, 0.1) is 6.92 Å². The molecule has 4 heteroatoms. The smallest absolute Gasteiger partial charge is 0.323 e. The van der Waals surface area contributed by atoms with Crippen LogP contribution in [-0.2, 0) is 16.0 Å². The number of carboxylic acid groups (broad SMARTS) is 1. The highest BCUT2D eigenvalue weighted by atomic mass is 16.4. The van der Waals surface area contributed by atoms with Crippen molar-refractivity contribution < 1.29 is 14.7 Å². The van der Waals surface area contributed by atoms with Crippen molar-refractivity contribution in [1.29, 1.82) is 0 Å². The van der Waals surface area contributed by atoms with E-state index in [4.69, 9.17) is 5.11 Å². The van der Waals surface area contributed by atoms with Gasteiger partial charge in [0.05, 0.1) is 0 Å². The van der Waals surface area contributed by atoms with Gasteiger partial charge < -0.3 is 10.0 Å². The van der Waals surface area contributed by atoms with Gasteiger partial charge in [-0.25, -0.2) is 0 Å². The van der Waals surface area contributed by atoms with Crippen molar-refractivity contribution >= 4 is 11.9 Å². The molecule has 0 atom stereocenters. The highest BCUT2D eigenvalue weighted by Crippen LogP contribution is 2.09. The summed E-state index contributed by atoms with van der Waals surface area (Å²) in [7, 11) is 0. The molecule has 0 fully saturated rings. The lowest BCUT2D eigenvalue weighted by Crippen LogP contribution is -2.40. The first kappa shape index (κ1) is 16.2. The lowest BCUT2D eigenvalue weighted by atomic mass is 10.1. The van der Waals surface area contributed by atoms with Crippen LogP contribution in [0.4, 0.5) is 0 Å². The molecule has 110 valence electrons. The van der Waals surface area contributed by atoms with Crippen molar-refractivity contribution in [2.45, 2.75) is 46.1 Å². The largest absolute Gasteiger partial charge is 0.480 e. The predicted octanol–water partition coefficient (Wildman–Crippen LogP) is 2.64. The third-order valence-corrected chi connectivity index (χ3v) is 3.23. The number of hydrogen-bond acceptors (Lipinski definition) is 2. The maximum absolute atomic E-state index is 12.0. The molecule has 1 aromatic rings. The molecule has 0 aliphatic heterocycles. The highest BCUT2D eigenvalue weighted by Gasteiger charge is 2.19. The Labute approximate surface area is 120 Å². The summed E-state index contributed by atoms with van der Waals surface area (Å²) >= 11 is 0. The summed E-state index contributed by atoms with van der Waals surface area (Å²) in [5.74, 6) is -1.06. The molecule has 4 nitrogen and oxygen atoms in total. The van der Waals surface area contributed by atoms with Gasteiger partial charge in [0, 0.05) is 12.5 Å². The van der Waals surface area contributed by atoms with Crippen LogP contribution in [0.5, 0.6) is 0 Å². The SMILES string of the molecule is Cc1ccc(CCCC(=O)N(CC(=O)O)C(C)C)cc1. The van der Waals surface area contributed by atoms with E-state index < -0.39 is 5.97 Å². The average molecular weight is 277 g/mol. The Morgan fingerprint density at radius 2 is 1.80 bits per heavy atom. The predicted molar refractivity (Wildman–Crippen MR) is 78.6 cm³/mol. The molecular formula is C16H23NO3. The van der Waals surface area contributed by atoms with Crippen molar-refractivity contribution in [3.63, 3.8) is 0 Å². The molecule has 0 radical (unpaired) electrons. The zero-order valence-electron chi connectivity index (χ0n) is 12.4. The van der Waals surface area contributed by atoms with Gasteiger partial charge in [0.1, 0.15) is 6.54 Å². The molecule has 0 unspecified atom stereocenters. The fourth-order valence-corrected chi connectivity index (χ4v) is 2.05. The number of carbonyl (C=O) groups excluding carboxylic acids is 1. The van der Waals surface area contributed by atoms with Crippen LogP contribution in [0.2, 0.25) is 0 Å². The summed E-state index contributed by atoms with van der Waals surface area (Å²) in [5, 5.41) is 8.82. The molecule has 1 amide bonds. The second-order valence-corrected chi connectivity index (χ2v) is 5.35. The molecule has 1 rings (SSSR count). The average Bonchev–Trinajstić information content (AvgIpc) is 2.37. The van der Waals surface area contributed by atoms with Gasteiger partial charge in [-0.15, -0.1) is 0 Å². The van der Waals surface area contributed by atoms with E-state index in [1.165, 1.54) is 16.0 Å². The van der Waals surface area contributed by atoms with E-state index in [0.717, 1.165) is 12.8 Å². The number of carbonyl (C=O) groups is 2. The van der Waals surface area contributed by atoms with E-state index in [2.05, 4.69) is 24.3 Å². The Balaban J connectivity index is 2.44.